The van der Waals surface area contributed by atoms with E-state index in [9.17, 15) is 9.59 Å². The molecule has 7 nitrogen and oxygen atoms in total. The van der Waals surface area contributed by atoms with Gasteiger partial charge in [0.1, 0.15) is 17.4 Å². The Hall–Kier alpha value is -3.13. The van der Waals surface area contributed by atoms with Crippen LogP contribution in [-0.4, -0.2) is 24.0 Å². The molecule has 0 unspecified atom stereocenters. The summed E-state index contributed by atoms with van der Waals surface area (Å²) in [6.45, 7) is 0.0180. The molecule has 8 heteroatoms. The van der Waals surface area contributed by atoms with Crippen molar-refractivity contribution in [2.75, 3.05) is 12.4 Å². The molecule has 0 saturated heterocycles. The standard InChI is InChI=1S/C18H16N2O5S/c1-23-14-6-3-2-5-13(14)20-16(21)9-17-19-12(11-26-17)10-25-18(22)15-7-4-8-24-15/h2-8,11H,9-10H2,1H3,(H,20,21). The average molecular weight is 372 g/mol. The minimum Gasteiger partial charge on any atom is -0.495 e. The van der Waals surface area contributed by atoms with Crippen LogP contribution in [0.5, 0.6) is 5.75 Å². The summed E-state index contributed by atoms with van der Waals surface area (Å²) >= 11 is 1.33. The molecule has 134 valence electrons. The number of hydrogen-bond acceptors (Lipinski definition) is 7. The molecule has 0 aliphatic carbocycles. The van der Waals surface area contributed by atoms with E-state index in [2.05, 4.69) is 10.3 Å². The largest absolute Gasteiger partial charge is 0.495 e. The topological polar surface area (TPSA) is 90.7 Å². The van der Waals surface area contributed by atoms with E-state index in [0.29, 0.717) is 22.1 Å². The van der Waals surface area contributed by atoms with Crippen molar-refractivity contribution in [1.82, 2.24) is 4.98 Å². The number of amides is 1. The van der Waals surface area contributed by atoms with Crippen molar-refractivity contribution in [2.45, 2.75) is 13.0 Å². The zero-order valence-corrected chi connectivity index (χ0v) is 14.7. The lowest BCUT2D eigenvalue weighted by Crippen LogP contribution is -2.15. The first-order chi connectivity index (χ1) is 12.7. The summed E-state index contributed by atoms with van der Waals surface area (Å²) in [4.78, 5) is 28.2. The molecule has 26 heavy (non-hydrogen) atoms. The van der Waals surface area contributed by atoms with Crippen LogP contribution >= 0.6 is 11.3 Å². The number of furan rings is 1. The number of nitrogens with zero attached hydrogens (tertiary/aromatic N) is 1. The van der Waals surface area contributed by atoms with Crippen molar-refractivity contribution < 1.29 is 23.5 Å². The predicted octanol–water partition coefficient (Wildman–Crippen LogP) is 3.28. The van der Waals surface area contributed by atoms with Crippen LogP contribution in [0.4, 0.5) is 5.69 Å². The fourth-order valence-electron chi connectivity index (χ4n) is 2.18. The molecule has 0 aliphatic rings. The molecule has 2 aromatic heterocycles. The second kappa shape index (κ2) is 8.30. The molecule has 1 aromatic carbocycles. The highest BCUT2D eigenvalue weighted by molar-refractivity contribution is 7.09. The first-order valence-corrected chi connectivity index (χ1v) is 8.60. The lowest BCUT2D eigenvalue weighted by molar-refractivity contribution is -0.115. The van der Waals surface area contributed by atoms with E-state index >= 15 is 0 Å². The predicted molar refractivity (Wildman–Crippen MR) is 95.3 cm³/mol. The minimum atomic E-state index is -0.557. The number of hydrogen-bond donors (Lipinski definition) is 1. The molecule has 3 aromatic rings. The fraction of sp³-hybridized carbons (Fsp3) is 0.167. The van der Waals surface area contributed by atoms with E-state index < -0.39 is 5.97 Å². The Morgan fingerprint density at radius 2 is 2.08 bits per heavy atom. The monoisotopic (exact) mass is 372 g/mol. The minimum absolute atomic E-state index is 0.0180. The van der Waals surface area contributed by atoms with Gasteiger partial charge in [0.25, 0.3) is 0 Å². The van der Waals surface area contributed by atoms with Gasteiger partial charge >= 0.3 is 5.97 Å². The van der Waals surface area contributed by atoms with Gasteiger partial charge in [0, 0.05) is 5.38 Å². The van der Waals surface area contributed by atoms with Crippen LogP contribution in [0.15, 0.2) is 52.5 Å². The Labute approximate surface area is 153 Å². The third-order valence-corrected chi connectivity index (χ3v) is 4.26. The number of para-hydroxylation sites is 2. The van der Waals surface area contributed by atoms with Crippen molar-refractivity contribution in [3.05, 3.63) is 64.5 Å². The summed E-state index contributed by atoms with van der Waals surface area (Å²) < 4.78 is 15.3. The maximum absolute atomic E-state index is 12.2. The van der Waals surface area contributed by atoms with E-state index in [0.717, 1.165) is 0 Å². The number of methoxy groups -OCH3 is 1. The van der Waals surface area contributed by atoms with Gasteiger partial charge in [-0.1, -0.05) is 12.1 Å². The number of esters is 1. The van der Waals surface area contributed by atoms with Gasteiger partial charge in [-0.2, -0.15) is 0 Å². The number of carbonyl (C=O) groups excluding carboxylic acids is 2. The van der Waals surface area contributed by atoms with Crippen molar-refractivity contribution >= 4 is 28.9 Å². The van der Waals surface area contributed by atoms with E-state index in [1.165, 1.54) is 23.7 Å². The first kappa shape index (κ1) is 17.7. The van der Waals surface area contributed by atoms with Gasteiger partial charge in [0.2, 0.25) is 11.7 Å². The van der Waals surface area contributed by atoms with Crippen LogP contribution in [0, 0.1) is 0 Å². The Morgan fingerprint density at radius 1 is 1.23 bits per heavy atom. The molecule has 3 rings (SSSR count). The summed E-state index contributed by atoms with van der Waals surface area (Å²) in [7, 11) is 1.54. The zero-order valence-electron chi connectivity index (χ0n) is 13.9. The van der Waals surface area contributed by atoms with E-state index in [4.69, 9.17) is 13.9 Å². The number of thiazole rings is 1. The van der Waals surface area contributed by atoms with Gasteiger partial charge in [0.05, 0.1) is 31.2 Å². The zero-order chi connectivity index (χ0) is 18.4. The highest BCUT2D eigenvalue weighted by Gasteiger charge is 2.13. The molecule has 1 N–H and O–H groups in total. The Bertz CT molecular complexity index is 889. The molecule has 2 heterocycles. The van der Waals surface area contributed by atoms with Gasteiger partial charge in [0.15, 0.2) is 0 Å². The summed E-state index contributed by atoms with van der Waals surface area (Å²) in [5.74, 6) is -0.0383. The van der Waals surface area contributed by atoms with Gasteiger partial charge in [-0.15, -0.1) is 11.3 Å². The second-order valence-electron chi connectivity index (χ2n) is 5.21. The maximum atomic E-state index is 12.2. The normalized spacial score (nSPS) is 10.3. The van der Waals surface area contributed by atoms with Crippen LogP contribution in [0.1, 0.15) is 21.3 Å². The third kappa shape index (κ3) is 4.48. The number of anilines is 1. The van der Waals surface area contributed by atoms with Gasteiger partial charge < -0.3 is 19.2 Å². The first-order valence-electron chi connectivity index (χ1n) is 7.72. The quantitative estimate of drug-likeness (QED) is 0.640. The lowest BCUT2D eigenvalue weighted by Gasteiger charge is -2.08. The Morgan fingerprint density at radius 3 is 2.85 bits per heavy atom. The summed E-state index contributed by atoms with van der Waals surface area (Å²) in [5, 5.41) is 5.17. The SMILES string of the molecule is COc1ccccc1NC(=O)Cc1nc(COC(=O)c2ccco2)cs1. The smallest absolute Gasteiger partial charge is 0.374 e. The molecule has 0 saturated carbocycles. The number of benzene rings is 1. The fourth-order valence-corrected chi connectivity index (χ4v) is 2.96. The van der Waals surface area contributed by atoms with Crippen LogP contribution in [-0.2, 0) is 22.6 Å². The van der Waals surface area contributed by atoms with Crippen LogP contribution in [0.3, 0.4) is 0 Å². The van der Waals surface area contributed by atoms with Crippen LogP contribution < -0.4 is 10.1 Å². The van der Waals surface area contributed by atoms with Crippen LogP contribution in [0.2, 0.25) is 0 Å². The summed E-state index contributed by atoms with van der Waals surface area (Å²) in [5.41, 5.74) is 1.18. The molecule has 0 aliphatic heterocycles. The van der Waals surface area contributed by atoms with Crippen molar-refractivity contribution in [2.24, 2.45) is 0 Å². The van der Waals surface area contributed by atoms with Crippen LogP contribution in [0.25, 0.3) is 0 Å². The van der Waals surface area contributed by atoms with Crippen molar-refractivity contribution in [3.8, 4) is 5.75 Å². The summed E-state index contributed by atoms with van der Waals surface area (Å²) in [6.07, 6.45) is 1.52. The lowest BCUT2D eigenvalue weighted by atomic mass is 10.3. The second-order valence-corrected chi connectivity index (χ2v) is 6.15. The number of aromatic nitrogens is 1. The molecular formula is C18H16N2O5S. The molecule has 0 spiro atoms. The van der Waals surface area contributed by atoms with Gasteiger partial charge in [-0.05, 0) is 24.3 Å². The maximum Gasteiger partial charge on any atom is 0.374 e. The number of nitrogens with one attached hydrogen (secondary N) is 1. The van der Waals surface area contributed by atoms with Crippen molar-refractivity contribution in [1.29, 1.82) is 0 Å². The van der Waals surface area contributed by atoms with Gasteiger partial charge in [-0.25, -0.2) is 9.78 Å². The number of ether oxygens (including phenoxy) is 2. The molecular weight excluding hydrogens is 356 g/mol. The van der Waals surface area contributed by atoms with E-state index in [1.807, 2.05) is 12.1 Å². The van der Waals surface area contributed by atoms with Crippen molar-refractivity contribution in [3.63, 3.8) is 0 Å². The number of rotatable bonds is 7. The average Bonchev–Trinajstić information content (AvgIpc) is 3.32. The molecule has 1 amide bonds. The van der Waals surface area contributed by atoms with E-state index in [1.54, 1.807) is 30.7 Å². The highest BCUT2D eigenvalue weighted by atomic mass is 32.1. The van der Waals surface area contributed by atoms with Gasteiger partial charge in [-0.3, -0.25) is 4.79 Å². The molecule has 0 atom stereocenters. The third-order valence-electron chi connectivity index (χ3n) is 3.37. The summed E-state index contributed by atoms with van der Waals surface area (Å²) in [6, 6.07) is 10.3. The Kier molecular flexibility index (Phi) is 5.65. The number of carbonyl (C=O) groups is 2. The Balaban J connectivity index is 1.53. The molecule has 0 bridgehead atoms. The highest BCUT2D eigenvalue weighted by Crippen LogP contribution is 2.23. The van der Waals surface area contributed by atoms with E-state index in [-0.39, 0.29) is 24.7 Å². The molecule has 0 fully saturated rings. The molecule has 0 radical (unpaired) electrons.